The second-order valence-corrected chi connectivity index (χ2v) is 5.80. The number of phenols is 1. The molecule has 0 saturated carbocycles. The van der Waals surface area contributed by atoms with Crippen LogP contribution in [0.4, 0.5) is 0 Å². The predicted molar refractivity (Wildman–Crippen MR) is 74.0 cm³/mol. The molecule has 0 amide bonds. The Bertz CT molecular complexity index is 562. The Kier molecular flexibility index (Phi) is 3.11. The Balaban J connectivity index is 2.66. The highest BCUT2D eigenvalue weighted by Crippen LogP contribution is 2.32. The fourth-order valence-electron chi connectivity index (χ4n) is 2.49. The summed E-state index contributed by atoms with van der Waals surface area (Å²) < 4.78 is 2.10. The zero-order valence-electron chi connectivity index (χ0n) is 11.4. The molecule has 18 heavy (non-hydrogen) atoms. The van der Waals surface area contributed by atoms with Crippen molar-refractivity contribution in [1.29, 1.82) is 0 Å². The SMILES string of the molecule is CC(C)n1c(CC(C)(C)O)cc2cccc(O)c21. The molecule has 0 bridgehead atoms. The molecule has 2 N–H and O–H groups in total. The first-order valence-electron chi connectivity index (χ1n) is 6.34. The van der Waals surface area contributed by atoms with E-state index in [1.807, 2.05) is 18.2 Å². The van der Waals surface area contributed by atoms with E-state index >= 15 is 0 Å². The van der Waals surface area contributed by atoms with Crippen molar-refractivity contribution >= 4 is 10.9 Å². The van der Waals surface area contributed by atoms with Gasteiger partial charge in [-0.1, -0.05) is 12.1 Å². The molecule has 1 aromatic carbocycles. The van der Waals surface area contributed by atoms with Crippen molar-refractivity contribution in [3.8, 4) is 5.75 Å². The number of phenolic OH excluding ortho intramolecular Hbond substituents is 1. The first kappa shape index (κ1) is 13.0. The van der Waals surface area contributed by atoms with Crippen LogP contribution in [0.1, 0.15) is 39.4 Å². The number of rotatable bonds is 3. The molecule has 3 heteroatoms. The monoisotopic (exact) mass is 247 g/mol. The minimum Gasteiger partial charge on any atom is -0.506 e. The molecule has 0 unspecified atom stereocenters. The topological polar surface area (TPSA) is 45.4 Å². The average Bonchev–Trinajstić information content (AvgIpc) is 2.54. The lowest BCUT2D eigenvalue weighted by atomic mass is 10.0. The number of nitrogens with zero attached hydrogens (tertiary/aromatic N) is 1. The number of para-hydroxylation sites is 1. The van der Waals surface area contributed by atoms with Crippen molar-refractivity contribution < 1.29 is 10.2 Å². The summed E-state index contributed by atoms with van der Waals surface area (Å²) in [5.41, 5.74) is 1.15. The third-order valence-electron chi connectivity index (χ3n) is 3.05. The molecule has 98 valence electrons. The largest absolute Gasteiger partial charge is 0.506 e. The van der Waals surface area contributed by atoms with Crippen LogP contribution in [-0.4, -0.2) is 20.4 Å². The van der Waals surface area contributed by atoms with Crippen LogP contribution in [0.15, 0.2) is 24.3 Å². The summed E-state index contributed by atoms with van der Waals surface area (Å²) in [7, 11) is 0. The van der Waals surface area contributed by atoms with Crippen LogP contribution in [0.25, 0.3) is 10.9 Å². The molecule has 0 aliphatic heterocycles. The van der Waals surface area contributed by atoms with Gasteiger partial charge in [0, 0.05) is 23.5 Å². The minimum absolute atomic E-state index is 0.244. The molecule has 1 heterocycles. The summed E-state index contributed by atoms with van der Waals surface area (Å²) in [6, 6.07) is 7.83. The number of aromatic hydroxyl groups is 1. The van der Waals surface area contributed by atoms with Crippen LogP contribution in [0.5, 0.6) is 5.75 Å². The highest BCUT2D eigenvalue weighted by molar-refractivity contribution is 5.86. The fourth-order valence-corrected chi connectivity index (χ4v) is 2.49. The molecule has 0 saturated heterocycles. The summed E-state index contributed by atoms with van der Waals surface area (Å²) in [5, 5.41) is 21.0. The van der Waals surface area contributed by atoms with E-state index in [0.29, 0.717) is 12.2 Å². The van der Waals surface area contributed by atoms with Crippen LogP contribution >= 0.6 is 0 Å². The molecule has 0 spiro atoms. The van der Waals surface area contributed by atoms with Gasteiger partial charge < -0.3 is 14.8 Å². The van der Waals surface area contributed by atoms with Crippen LogP contribution in [0.3, 0.4) is 0 Å². The maximum atomic E-state index is 10.0. The molecule has 1 aromatic heterocycles. The van der Waals surface area contributed by atoms with Crippen molar-refractivity contribution in [1.82, 2.24) is 4.57 Å². The number of hydrogen-bond donors (Lipinski definition) is 2. The smallest absolute Gasteiger partial charge is 0.139 e. The van der Waals surface area contributed by atoms with Gasteiger partial charge in [0.05, 0.1) is 11.1 Å². The molecule has 2 aromatic rings. The van der Waals surface area contributed by atoms with Crippen molar-refractivity contribution in [2.24, 2.45) is 0 Å². The zero-order valence-corrected chi connectivity index (χ0v) is 11.4. The quantitative estimate of drug-likeness (QED) is 0.874. The number of benzene rings is 1. The van der Waals surface area contributed by atoms with Crippen molar-refractivity contribution in [2.75, 3.05) is 0 Å². The van der Waals surface area contributed by atoms with Crippen LogP contribution in [0.2, 0.25) is 0 Å². The molecular formula is C15H21NO2. The summed E-state index contributed by atoms with van der Waals surface area (Å²) in [6.45, 7) is 7.77. The summed E-state index contributed by atoms with van der Waals surface area (Å²) in [6.07, 6.45) is 0.569. The first-order valence-corrected chi connectivity index (χ1v) is 6.34. The third-order valence-corrected chi connectivity index (χ3v) is 3.05. The van der Waals surface area contributed by atoms with E-state index in [9.17, 15) is 10.2 Å². The standard InChI is InChI=1S/C15H21NO2/c1-10(2)16-12(9-15(3,4)18)8-11-6-5-7-13(17)14(11)16/h5-8,10,17-18H,9H2,1-4H3. The van der Waals surface area contributed by atoms with Gasteiger partial charge in [0.2, 0.25) is 0 Å². The van der Waals surface area contributed by atoms with Gasteiger partial charge in [-0.25, -0.2) is 0 Å². The van der Waals surface area contributed by atoms with Gasteiger partial charge in [0.15, 0.2) is 0 Å². The second-order valence-electron chi connectivity index (χ2n) is 5.80. The van der Waals surface area contributed by atoms with Gasteiger partial charge in [-0.05, 0) is 39.8 Å². The highest BCUT2D eigenvalue weighted by atomic mass is 16.3. The van der Waals surface area contributed by atoms with Crippen molar-refractivity contribution in [3.63, 3.8) is 0 Å². The molecule has 0 aliphatic rings. The zero-order chi connectivity index (χ0) is 13.5. The molecular weight excluding hydrogens is 226 g/mol. The fraction of sp³-hybridized carbons (Fsp3) is 0.467. The average molecular weight is 247 g/mol. The van der Waals surface area contributed by atoms with Gasteiger partial charge in [0.25, 0.3) is 0 Å². The predicted octanol–water partition coefficient (Wildman–Crippen LogP) is 3.24. The van der Waals surface area contributed by atoms with E-state index in [0.717, 1.165) is 16.6 Å². The van der Waals surface area contributed by atoms with Crippen LogP contribution in [-0.2, 0) is 6.42 Å². The Morgan fingerprint density at radius 2 is 1.94 bits per heavy atom. The van der Waals surface area contributed by atoms with Gasteiger partial charge >= 0.3 is 0 Å². The summed E-state index contributed by atoms with van der Waals surface area (Å²) in [4.78, 5) is 0. The Morgan fingerprint density at radius 1 is 1.28 bits per heavy atom. The number of aliphatic hydroxyl groups is 1. The number of fused-ring (bicyclic) bond motifs is 1. The Labute approximate surface area is 108 Å². The van der Waals surface area contributed by atoms with Crippen LogP contribution in [0, 0.1) is 0 Å². The molecule has 0 aliphatic carbocycles. The number of aromatic nitrogens is 1. The normalized spacial score (nSPS) is 12.6. The molecule has 0 fully saturated rings. The third kappa shape index (κ3) is 2.36. The lowest BCUT2D eigenvalue weighted by Crippen LogP contribution is -2.24. The summed E-state index contributed by atoms with van der Waals surface area (Å²) in [5.74, 6) is 0.295. The van der Waals surface area contributed by atoms with Crippen molar-refractivity contribution in [2.45, 2.75) is 45.8 Å². The lowest BCUT2D eigenvalue weighted by molar-refractivity contribution is 0.0788. The molecule has 0 radical (unpaired) electrons. The van der Waals surface area contributed by atoms with Gasteiger partial charge in [-0.3, -0.25) is 0 Å². The van der Waals surface area contributed by atoms with Crippen molar-refractivity contribution in [3.05, 3.63) is 30.0 Å². The van der Waals surface area contributed by atoms with E-state index in [-0.39, 0.29) is 6.04 Å². The summed E-state index contributed by atoms with van der Waals surface area (Å²) >= 11 is 0. The second kappa shape index (κ2) is 4.32. The Morgan fingerprint density at radius 3 is 2.50 bits per heavy atom. The van der Waals surface area contributed by atoms with E-state index in [2.05, 4.69) is 18.4 Å². The number of hydrogen-bond acceptors (Lipinski definition) is 2. The molecule has 0 atom stereocenters. The highest BCUT2D eigenvalue weighted by Gasteiger charge is 2.20. The van der Waals surface area contributed by atoms with Gasteiger partial charge in [0.1, 0.15) is 5.75 Å². The van der Waals surface area contributed by atoms with E-state index < -0.39 is 5.60 Å². The van der Waals surface area contributed by atoms with E-state index in [1.54, 1.807) is 19.9 Å². The molecule has 3 nitrogen and oxygen atoms in total. The maximum Gasteiger partial charge on any atom is 0.139 e. The minimum atomic E-state index is -0.753. The Hall–Kier alpha value is -1.48. The van der Waals surface area contributed by atoms with Crippen LogP contribution < -0.4 is 0 Å². The van der Waals surface area contributed by atoms with Gasteiger partial charge in [-0.2, -0.15) is 0 Å². The maximum absolute atomic E-state index is 10.0. The molecule has 2 rings (SSSR count). The first-order chi connectivity index (χ1) is 8.29. The van der Waals surface area contributed by atoms with E-state index in [1.165, 1.54) is 0 Å². The van der Waals surface area contributed by atoms with E-state index in [4.69, 9.17) is 0 Å². The van der Waals surface area contributed by atoms with Gasteiger partial charge in [-0.15, -0.1) is 0 Å². The lowest BCUT2D eigenvalue weighted by Gasteiger charge is -2.21.